The highest BCUT2D eigenvalue weighted by molar-refractivity contribution is 5.78. The Morgan fingerprint density at radius 1 is 1.69 bits per heavy atom. The number of carbonyl (C=O) groups is 1. The van der Waals surface area contributed by atoms with Gasteiger partial charge in [-0.1, -0.05) is 13.3 Å². The Bertz CT molecular complexity index is 180. The van der Waals surface area contributed by atoms with Gasteiger partial charge in [-0.25, -0.2) is 0 Å². The van der Waals surface area contributed by atoms with Gasteiger partial charge < -0.3 is 10.6 Å². The van der Waals surface area contributed by atoms with Crippen molar-refractivity contribution in [3.63, 3.8) is 0 Å². The second-order valence-corrected chi connectivity index (χ2v) is 4.13. The van der Waals surface area contributed by atoms with E-state index in [1.54, 1.807) is 0 Å². The van der Waals surface area contributed by atoms with Gasteiger partial charge in [-0.3, -0.25) is 4.79 Å². The highest BCUT2D eigenvalue weighted by atomic mass is 16.2. The van der Waals surface area contributed by atoms with Crippen molar-refractivity contribution in [2.75, 3.05) is 13.1 Å². The molecule has 1 heterocycles. The van der Waals surface area contributed by atoms with Gasteiger partial charge in [0.1, 0.15) is 0 Å². The van der Waals surface area contributed by atoms with E-state index in [0.29, 0.717) is 5.92 Å². The van der Waals surface area contributed by atoms with E-state index in [1.165, 1.54) is 12.8 Å². The minimum atomic E-state index is 0.101. The third kappa shape index (κ3) is 2.99. The van der Waals surface area contributed by atoms with Gasteiger partial charge >= 0.3 is 0 Å². The Morgan fingerprint density at radius 3 is 2.92 bits per heavy atom. The van der Waals surface area contributed by atoms with Gasteiger partial charge in [0.05, 0.1) is 0 Å². The van der Waals surface area contributed by atoms with Crippen molar-refractivity contribution in [1.29, 1.82) is 0 Å². The van der Waals surface area contributed by atoms with Crippen molar-refractivity contribution in [1.82, 2.24) is 4.90 Å². The van der Waals surface area contributed by atoms with Crippen LogP contribution < -0.4 is 5.73 Å². The molecule has 13 heavy (non-hydrogen) atoms. The van der Waals surface area contributed by atoms with Gasteiger partial charge in [-0.05, 0) is 19.3 Å². The second-order valence-electron chi connectivity index (χ2n) is 4.13. The molecule has 0 saturated carbocycles. The maximum Gasteiger partial charge on any atom is 0.222 e. The lowest BCUT2D eigenvalue weighted by atomic mass is 10.0. The number of rotatable bonds is 4. The first-order chi connectivity index (χ1) is 6.13. The summed E-state index contributed by atoms with van der Waals surface area (Å²) >= 11 is 0. The maximum absolute atomic E-state index is 11.5. The minimum Gasteiger partial charge on any atom is -0.341 e. The summed E-state index contributed by atoms with van der Waals surface area (Å²) in [6.45, 7) is 5.76. The van der Waals surface area contributed by atoms with Crippen LogP contribution in [0.15, 0.2) is 0 Å². The van der Waals surface area contributed by atoms with Crippen LogP contribution in [0.4, 0.5) is 0 Å². The summed E-state index contributed by atoms with van der Waals surface area (Å²) in [5.74, 6) is 0.868. The lowest BCUT2D eigenvalue weighted by Gasteiger charge is -2.18. The highest BCUT2D eigenvalue weighted by Crippen LogP contribution is 2.21. The molecule has 0 aromatic heterocycles. The molecule has 0 bridgehead atoms. The van der Waals surface area contributed by atoms with E-state index in [-0.39, 0.29) is 11.9 Å². The molecule has 1 saturated heterocycles. The lowest BCUT2D eigenvalue weighted by molar-refractivity contribution is -0.127. The molecule has 1 aliphatic heterocycles. The van der Waals surface area contributed by atoms with E-state index in [4.69, 9.17) is 5.73 Å². The van der Waals surface area contributed by atoms with Crippen molar-refractivity contribution in [2.24, 2.45) is 11.7 Å². The molecule has 2 N–H and O–H groups in total. The van der Waals surface area contributed by atoms with E-state index < -0.39 is 0 Å². The van der Waals surface area contributed by atoms with Crippen LogP contribution in [-0.4, -0.2) is 29.9 Å². The number of amides is 1. The SMILES string of the molecule is CCCC1CC(=O)N(C[C@@H](C)N)C1. The molecule has 1 unspecified atom stereocenters. The van der Waals surface area contributed by atoms with Crippen molar-refractivity contribution >= 4 is 5.91 Å². The Balaban J connectivity index is 2.37. The van der Waals surface area contributed by atoms with Crippen LogP contribution in [0.1, 0.15) is 33.1 Å². The smallest absolute Gasteiger partial charge is 0.222 e. The second kappa shape index (κ2) is 4.61. The summed E-state index contributed by atoms with van der Waals surface area (Å²) in [6, 6.07) is 0.101. The Kier molecular flexibility index (Phi) is 3.72. The number of carbonyl (C=O) groups excluding carboxylic acids is 1. The van der Waals surface area contributed by atoms with Gasteiger partial charge in [0, 0.05) is 25.6 Å². The number of hydrogen-bond donors (Lipinski definition) is 1. The molecule has 1 rings (SSSR count). The lowest BCUT2D eigenvalue weighted by Crippen LogP contribution is -2.36. The van der Waals surface area contributed by atoms with Crippen LogP contribution in [0.25, 0.3) is 0 Å². The Labute approximate surface area is 80.3 Å². The molecule has 0 aliphatic carbocycles. The van der Waals surface area contributed by atoms with Crippen LogP contribution in [0.2, 0.25) is 0 Å². The average Bonchev–Trinajstić information content (AvgIpc) is 2.31. The topological polar surface area (TPSA) is 46.3 Å². The highest BCUT2D eigenvalue weighted by Gasteiger charge is 2.28. The predicted octanol–water partition coefficient (Wildman–Crippen LogP) is 0.982. The quantitative estimate of drug-likeness (QED) is 0.708. The molecule has 3 heteroatoms. The van der Waals surface area contributed by atoms with E-state index in [1.807, 2.05) is 11.8 Å². The monoisotopic (exact) mass is 184 g/mol. The molecule has 76 valence electrons. The van der Waals surface area contributed by atoms with Gasteiger partial charge in [-0.2, -0.15) is 0 Å². The van der Waals surface area contributed by atoms with Crippen LogP contribution in [0, 0.1) is 5.92 Å². The molecule has 0 aromatic rings. The Hall–Kier alpha value is -0.570. The molecule has 3 nitrogen and oxygen atoms in total. The summed E-state index contributed by atoms with van der Waals surface area (Å²) in [5.41, 5.74) is 5.66. The Morgan fingerprint density at radius 2 is 2.38 bits per heavy atom. The van der Waals surface area contributed by atoms with Gasteiger partial charge in [0.25, 0.3) is 0 Å². The van der Waals surface area contributed by atoms with E-state index in [9.17, 15) is 4.79 Å². The normalized spacial score (nSPS) is 25.3. The fraction of sp³-hybridized carbons (Fsp3) is 0.900. The van der Waals surface area contributed by atoms with Gasteiger partial charge in [0.15, 0.2) is 0 Å². The van der Waals surface area contributed by atoms with Crippen molar-refractivity contribution in [2.45, 2.75) is 39.2 Å². The molecule has 0 spiro atoms. The zero-order chi connectivity index (χ0) is 9.84. The number of hydrogen-bond acceptors (Lipinski definition) is 2. The van der Waals surface area contributed by atoms with Crippen molar-refractivity contribution in [3.8, 4) is 0 Å². The fourth-order valence-electron chi connectivity index (χ4n) is 1.98. The van der Waals surface area contributed by atoms with E-state index >= 15 is 0 Å². The van der Waals surface area contributed by atoms with Crippen LogP contribution in [0.5, 0.6) is 0 Å². The molecule has 1 fully saturated rings. The molecule has 2 atom stereocenters. The first-order valence-electron chi connectivity index (χ1n) is 5.16. The van der Waals surface area contributed by atoms with E-state index in [0.717, 1.165) is 19.5 Å². The molecular weight excluding hydrogens is 164 g/mol. The number of nitrogens with two attached hydrogens (primary N) is 1. The minimum absolute atomic E-state index is 0.101. The third-order valence-corrected chi connectivity index (χ3v) is 2.50. The van der Waals surface area contributed by atoms with Crippen LogP contribution in [0.3, 0.4) is 0 Å². The maximum atomic E-state index is 11.5. The first kappa shape index (κ1) is 10.5. The van der Waals surface area contributed by atoms with E-state index in [2.05, 4.69) is 6.92 Å². The predicted molar refractivity (Wildman–Crippen MR) is 53.2 cm³/mol. The molecule has 0 aromatic carbocycles. The molecular formula is C10H20N2O. The average molecular weight is 184 g/mol. The van der Waals surface area contributed by atoms with Crippen molar-refractivity contribution < 1.29 is 4.79 Å². The summed E-state index contributed by atoms with van der Waals surface area (Å²) in [6.07, 6.45) is 3.08. The number of likely N-dealkylation sites (tertiary alicyclic amines) is 1. The summed E-state index contributed by atoms with van der Waals surface area (Å²) in [5, 5.41) is 0. The van der Waals surface area contributed by atoms with Crippen molar-refractivity contribution in [3.05, 3.63) is 0 Å². The van der Waals surface area contributed by atoms with Gasteiger partial charge in [-0.15, -0.1) is 0 Å². The summed E-state index contributed by atoms with van der Waals surface area (Å²) in [4.78, 5) is 13.4. The molecule has 1 aliphatic rings. The third-order valence-electron chi connectivity index (χ3n) is 2.50. The fourth-order valence-corrected chi connectivity index (χ4v) is 1.98. The standard InChI is InChI=1S/C10H20N2O/c1-3-4-9-5-10(13)12(7-9)6-8(2)11/h8-9H,3-7,11H2,1-2H3/t8-,9?/m1/s1. The zero-order valence-electron chi connectivity index (χ0n) is 8.62. The summed E-state index contributed by atoms with van der Waals surface area (Å²) < 4.78 is 0. The number of nitrogens with zero attached hydrogens (tertiary/aromatic N) is 1. The zero-order valence-corrected chi connectivity index (χ0v) is 8.62. The largest absolute Gasteiger partial charge is 0.341 e. The van der Waals surface area contributed by atoms with Gasteiger partial charge in [0.2, 0.25) is 5.91 Å². The summed E-state index contributed by atoms with van der Waals surface area (Å²) in [7, 11) is 0. The first-order valence-corrected chi connectivity index (χ1v) is 5.16. The van der Waals surface area contributed by atoms with Crippen LogP contribution in [-0.2, 0) is 4.79 Å². The molecule has 1 amide bonds. The van der Waals surface area contributed by atoms with Crippen LogP contribution >= 0.6 is 0 Å². The molecule has 0 radical (unpaired) electrons.